The maximum absolute atomic E-state index is 10.1. The molecule has 5 heteroatoms. The predicted octanol–water partition coefficient (Wildman–Crippen LogP) is 1.68. The van der Waals surface area contributed by atoms with Crippen LogP contribution in [-0.4, -0.2) is 55.5 Å². The molecule has 1 aromatic rings. The number of ether oxygens (including phenoxy) is 1. The highest BCUT2D eigenvalue weighted by Crippen LogP contribution is 2.21. The van der Waals surface area contributed by atoms with E-state index in [2.05, 4.69) is 17.1 Å². The molecule has 2 rings (SSSR count). The van der Waals surface area contributed by atoms with E-state index >= 15 is 0 Å². The Kier molecular flexibility index (Phi) is 6.26. The zero-order valence-corrected chi connectivity index (χ0v) is 12.6. The summed E-state index contributed by atoms with van der Waals surface area (Å²) in [5, 5.41) is 14.2. The average Bonchev–Trinajstić information content (AvgIpc) is 2.46. The third-order valence-electron chi connectivity index (χ3n) is 3.60. The van der Waals surface area contributed by atoms with Crippen LogP contribution in [0.15, 0.2) is 24.3 Å². The van der Waals surface area contributed by atoms with Crippen molar-refractivity contribution in [3.8, 4) is 0 Å². The standard InChI is InChI=1S/C15H23ClN2O2/c1-12(14-4-2-3-5-15(14)16)17-10-13(19)11-18-6-8-20-9-7-18/h2-5,12-13,17,19H,6-11H2,1H3/t12-,13?/m0/s1. The number of β-amino-alcohol motifs (C(OH)–C–C–N with tert-alkyl or cyclic N) is 1. The topological polar surface area (TPSA) is 44.7 Å². The van der Waals surface area contributed by atoms with Gasteiger partial charge in [0.1, 0.15) is 0 Å². The molecule has 0 radical (unpaired) electrons. The van der Waals surface area contributed by atoms with Crippen molar-refractivity contribution in [1.82, 2.24) is 10.2 Å². The number of nitrogens with zero attached hydrogens (tertiary/aromatic N) is 1. The van der Waals surface area contributed by atoms with Crippen molar-refractivity contribution in [2.45, 2.75) is 19.1 Å². The lowest BCUT2D eigenvalue weighted by atomic mass is 10.1. The lowest BCUT2D eigenvalue weighted by molar-refractivity contribution is 0.0145. The number of aliphatic hydroxyl groups is 1. The van der Waals surface area contributed by atoms with Gasteiger partial charge in [0.15, 0.2) is 0 Å². The van der Waals surface area contributed by atoms with Crippen LogP contribution >= 0.6 is 11.6 Å². The zero-order chi connectivity index (χ0) is 14.4. The maximum Gasteiger partial charge on any atom is 0.0791 e. The molecule has 1 aliphatic rings. The van der Waals surface area contributed by atoms with Crippen LogP contribution in [0.25, 0.3) is 0 Å². The first-order chi connectivity index (χ1) is 9.66. The van der Waals surface area contributed by atoms with Gasteiger partial charge in [-0.05, 0) is 18.6 Å². The van der Waals surface area contributed by atoms with Crippen LogP contribution in [0, 0.1) is 0 Å². The molecule has 0 saturated carbocycles. The summed E-state index contributed by atoms with van der Waals surface area (Å²) in [4.78, 5) is 2.23. The number of rotatable bonds is 6. The molecule has 1 aromatic carbocycles. The van der Waals surface area contributed by atoms with Crippen LogP contribution in [0.5, 0.6) is 0 Å². The molecule has 0 amide bonds. The van der Waals surface area contributed by atoms with Crippen molar-refractivity contribution >= 4 is 11.6 Å². The Balaban J connectivity index is 1.75. The number of aliphatic hydroxyl groups excluding tert-OH is 1. The van der Waals surface area contributed by atoms with Crippen molar-refractivity contribution in [3.63, 3.8) is 0 Å². The van der Waals surface area contributed by atoms with Crippen LogP contribution in [0.2, 0.25) is 5.02 Å². The fraction of sp³-hybridized carbons (Fsp3) is 0.600. The highest BCUT2D eigenvalue weighted by molar-refractivity contribution is 6.31. The largest absolute Gasteiger partial charge is 0.390 e. The van der Waals surface area contributed by atoms with E-state index in [4.69, 9.17) is 16.3 Å². The molecule has 0 spiro atoms. The quantitative estimate of drug-likeness (QED) is 0.839. The lowest BCUT2D eigenvalue weighted by Gasteiger charge is -2.29. The van der Waals surface area contributed by atoms with Crippen LogP contribution in [0.4, 0.5) is 0 Å². The number of hydrogen-bond donors (Lipinski definition) is 2. The van der Waals surface area contributed by atoms with E-state index in [0.717, 1.165) is 36.9 Å². The normalized spacial score (nSPS) is 19.8. The Morgan fingerprint density at radius 2 is 2.05 bits per heavy atom. The molecule has 0 aliphatic carbocycles. The van der Waals surface area contributed by atoms with Crippen molar-refractivity contribution in [1.29, 1.82) is 0 Å². The number of halogens is 1. The van der Waals surface area contributed by atoms with Crippen molar-refractivity contribution in [2.75, 3.05) is 39.4 Å². The maximum atomic E-state index is 10.1. The second kappa shape index (κ2) is 7.96. The van der Waals surface area contributed by atoms with Crippen molar-refractivity contribution in [3.05, 3.63) is 34.9 Å². The molecule has 20 heavy (non-hydrogen) atoms. The van der Waals surface area contributed by atoms with Crippen LogP contribution in [0.1, 0.15) is 18.5 Å². The van der Waals surface area contributed by atoms with Gasteiger partial charge in [-0.15, -0.1) is 0 Å². The lowest BCUT2D eigenvalue weighted by Crippen LogP contribution is -2.44. The Morgan fingerprint density at radius 3 is 2.75 bits per heavy atom. The first kappa shape index (κ1) is 15.7. The monoisotopic (exact) mass is 298 g/mol. The summed E-state index contributed by atoms with van der Waals surface area (Å²) in [7, 11) is 0. The average molecular weight is 299 g/mol. The first-order valence-electron chi connectivity index (χ1n) is 7.13. The molecule has 0 aromatic heterocycles. The van der Waals surface area contributed by atoms with Gasteiger partial charge in [-0.1, -0.05) is 29.8 Å². The molecule has 1 fully saturated rings. The van der Waals surface area contributed by atoms with Crippen LogP contribution < -0.4 is 5.32 Å². The summed E-state index contributed by atoms with van der Waals surface area (Å²) in [6, 6.07) is 7.92. The number of nitrogens with one attached hydrogen (secondary N) is 1. The minimum absolute atomic E-state index is 0.128. The van der Waals surface area contributed by atoms with E-state index in [0.29, 0.717) is 13.1 Å². The molecule has 2 N–H and O–H groups in total. The van der Waals surface area contributed by atoms with Gasteiger partial charge < -0.3 is 15.2 Å². The van der Waals surface area contributed by atoms with Gasteiger partial charge >= 0.3 is 0 Å². The second-order valence-electron chi connectivity index (χ2n) is 5.22. The summed E-state index contributed by atoms with van der Waals surface area (Å²) < 4.78 is 5.30. The molecule has 2 atom stereocenters. The summed E-state index contributed by atoms with van der Waals surface area (Å²) in [5.74, 6) is 0. The highest BCUT2D eigenvalue weighted by atomic mass is 35.5. The SMILES string of the molecule is C[C@H](NCC(O)CN1CCOCC1)c1ccccc1Cl. The Labute approximate surface area is 125 Å². The van der Waals surface area contributed by atoms with Crippen LogP contribution in [0.3, 0.4) is 0 Å². The van der Waals surface area contributed by atoms with Crippen molar-refractivity contribution < 1.29 is 9.84 Å². The minimum atomic E-state index is -0.377. The van der Waals surface area contributed by atoms with Crippen molar-refractivity contribution in [2.24, 2.45) is 0 Å². The fourth-order valence-corrected chi connectivity index (χ4v) is 2.69. The predicted molar refractivity (Wildman–Crippen MR) is 81.1 cm³/mol. The molecule has 112 valence electrons. The van der Waals surface area contributed by atoms with Gasteiger partial charge in [-0.3, -0.25) is 4.90 Å². The molecule has 0 bridgehead atoms. The first-order valence-corrected chi connectivity index (χ1v) is 7.50. The van der Waals surface area contributed by atoms with Gasteiger partial charge in [0.05, 0.1) is 19.3 Å². The second-order valence-corrected chi connectivity index (χ2v) is 5.63. The smallest absolute Gasteiger partial charge is 0.0791 e. The Morgan fingerprint density at radius 1 is 1.35 bits per heavy atom. The van der Waals surface area contributed by atoms with Gasteiger partial charge in [-0.25, -0.2) is 0 Å². The molecule has 1 unspecified atom stereocenters. The molecule has 1 saturated heterocycles. The van der Waals surface area contributed by atoms with Crippen LogP contribution in [-0.2, 0) is 4.74 Å². The van der Waals surface area contributed by atoms with E-state index in [1.807, 2.05) is 24.3 Å². The Hall–Kier alpha value is -0.650. The van der Waals surface area contributed by atoms with Gasteiger partial charge in [0.25, 0.3) is 0 Å². The fourth-order valence-electron chi connectivity index (χ4n) is 2.40. The number of hydrogen-bond acceptors (Lipinski definition) is 4. The highest BCUT2D eigenvalue weighted by Gasteiger charge is 2.16. The minimum Gasteiger partial charge on any atom is -0.390 e. The van der Waals surface area contributed by atoms with Gasteiger partial charge in [0, 0.05) is 37.2 Å². The van der Waals surface area contributed by atoms with E-state index in [1.165, 1.54) is 0 Å². The molecule has 1 aliphatic heterocycles. The van der Waals surface area contributed by atoms with Gasteiger partial charge in [0.2, 0.25) is 0 Å². The molecular weight excluding hydrogens is 276 g/mol. The third-order valence-corrected chi connectivity index (χ3v) is 3.95. The van der Waals surface area contributed by atoms with E-state index in [-0.39, 0.29) is 12.1 Å². The van der Waals surface area contributed by atoms with E-state index in [9.17, 15) is 5.11 Å². The molecule has 1 heterocycles. The van der Waals surface area contributed by atoms with Gasteiger partial charge in [-0.2, -0.15) is 0 Å². The third kappa shape index (κ3) is 4.72. The van der Waals surface area contributed by atoms with E-state index in [1.54, 1.807) is 0 Å². The summed E-state index contributed by atoms with van der Waals surface area (Å²) >= 11 is 6.17. The zero-order valence-electron chi connectivity index (χ0n) is 11.9. The summed E-state index contributed by atoms with van der Waals surface area (Å²) in [6.45, 7) is 6.62. The summed E-state index contributed by atoms with van der Waals surface area (Å²) in [6.07, 6.45) is -0.377. The van der Waals surface area contributed by atoms with E-state index < -0.39 is 0 Å². The molecular formula is C15H23ClN2O2. The Bertz CT molecular complexity index is 411. The molecule has 4 nitrogen and oxygen atoms in total. The summed E-state index contributed by atoms with van der Waals surface area (Å²) in [5.41, 5.74) is 1.06. The number of morpholine rings is 1. The number of benzene rings is 1.